The molecule has 1 aromatic heterocycles. The first-order valence-corrected chi connectivity index (χ1v) is 39.4. The van der Waals surface area contributed by atoms with Gasteiger partial charge in [-0.15, -0.1) is 0 Å². The van der Waals surface area contributed by atoms with Gasteiger partial charge >= 0.3 is 71.5 Å². The van der Waals surface area contributed by atoms with Crippen molar-refractivity contribution in [2.24, 2.45) is 65.1 Å². The molecule has 1 atom stereocenters. The van der Waals surface area contributed by atoms with Crippen molar-refractivity contribution in [3.8, 4) is 17.2 Å². The van der Waals surface area contributed by atoms with Crippen molar-refractivity contribution >= 4 is 65.7 Å². The number of benzene rings is 3. The van der Waals surface area contributed by atoms with E-state index in [-0.39, 0.29) is 137 Å². The zero-order valence-electron chi connectivity index (χ0n) is 74.2. The van der Waals surface area contributed by atoms with Gasteiger partial charge in [0.25, 0.3) is 6.29 Å². The van der Waals surface area contributed by atoms with E-state index in [0.717, 1.165) is 52.1 Å². The Labute approximate surface area is 684 Å². The molecule has 654 valence electrons. The first-order valence-electron chi connectivity index (χ1n) is 39.4. The van der Waals surface area contributed by atoms with Gasteiger partial charge in [-0.05, 0) is 76.8 Å². The molecule has 3 heterocycles. The average molecular weight is 1630 g/mol. The summed E-state index contributed by atoms with van der Waals surface area (Å²) in [5.74, 6) is -0.906. The third-order valence-electron chi connectivity index (χ3n) is 14.3. The monoisotopic (exact) mass is 1630 g/mol. The van der Waals surface area contributed by atoms with Crippen LogP contribution in [-0.2, 0) is 102 Å². The molecular formula is C87H139NO27. The number of unbranched alkanes of at least 4 members (excludes halogenated alkanes) is 1. The zero-order valence-corrected chi connectivity index (χ0v) is 74.2. The summed E-state index contributed by atoms with van der Waals surface area (Å²) in [6.07, 6.45) is 2.13. The Morgan fingerprint density at radius 1 is 0.452 bits per heavy atom. The van der Waals surface area contributed by atoms with Crippen LogP contribution in [0.2, 0.25) is 0 Å². The van der Waals surface area contributed by atoms with Crippen LogP contribution in [0, 0.1) is 72.0 Å². The standard InChI is InChI=1S/C12H12O4.C11H14O3.C10H19NO3.C10H12O2.C9H12O5.C9H18O2.C8H16O2.C7H14O2.C6H12O2.C5H10O2/c1-7(2)10(13)15-12-9-6-4-3-5-8(9)11(14)16-12;1-8(2)11(12)14-10-7-5-4-6-9(10)13-3;1-9(2)10(12)14-8-5-11-3-6-13-7-4-11;1-8(2)10(11)12-9-6-4-3-5-7-9;1-5(2)8(10)12-4-7-6(3)13-9(11)14-7;1-7(2)5-6-11-9(10)8(3)4;1-4-5-6-10-8(9)7(2)3;1-5(2)7(8)9-6(3)4;1-4-8-6(7)5(2)3;1-4(2)5(6)7-3/h3-7,12H,1-2H3;4-8H,1-3H3;9H,3-8H2,1-2H3;3-8H,1-2H3;5H,4H2,1-3H3;7-8H,5-6H2,1-4H3;7H,4-6H2,1-3H3;5-6H,1-4H3;5H,4H2,1-3H3;4H,1-3H3. The van der Waals surface area contributed by atoms with Gasteiger partial charge in [-0.2, -0.15) is 0 Å². The molecule has 1 unspecified atom stereocenters. The summed E-state index contributed by atoms with van der Waals surface area (Å²) in [5, 5.41) is 0. The fraction of sp³-hybridized carbons (Fsp3) is 0.632. The van der Waals surface area contributed by atoms with Crippen molar-refractivity contribution in [3.05, 3.63) is 112 Å². The Morgan fingerprint density at radius 2 is 0.878 bits per heavy atom. The molecule has 4 aromatic rings. The highest BCUT2D eigenvalue weighted by molar-refractivity contribution is 5.94. The van der Waals surface area contributed by atoms with Crippen LogP contribution in [0.5, 0.6) is 17.2 Å². The molecule has 115 heavy (non-hydrogen) atoms. The number of esters is 11. The number of nitrogens with zero attached hydrogens (tertiary/aromatic N) is 1. The molecule has 0 spiro atoms. The number of methoxy groups -OCH3 is 2. The second-order valence-electron chi connectivity index (χ2n) is 29.4. The molecule has 0 aliphatic carbocycles. The molecule has 1 fully saturated rings. The van der Waals surface area contributed by atoms with Crippen molar-refractivity contribution in [2.45, 2.75) is 225 Å². The smallest absolute Gasteiger partial charge is 0.493 e. The highest BCUT2D eigenvalue weighted by Crippen LogP contribution is 2.32. The number of rotatable bonds is 27. The Hall–Kier alpha value is -9.44. The summed E-state index contributed by atoms with van der Waals surface area (Å²) in [6, 6.07) is 23.1. The fourth-order valence-corrected chi connectivity index (χ4v) is 7.13. The van der Waals surface area contributed by atoms with Crippen molar-refractivity contribution in [1.82, 2.24) is 4.90 Å². The molecule has 6 rings (SSSR count). The van der Waals surface area contributed by atoms with E-state index in [1.807, 2.05) is 121 Å². The summed E-state index contributed by atoms with van der Waals surface area (Å²) in [4.78, 5) is 133. The van der Waals surface area contributed by atoms with E-state index in [2.05, 4.69) is 44.0 Å². The summed E-state index contributed by atoms with van der Waals surface area (Å²) in [6.45, 7) is 55.8. The average Bonchev–Trinajstić information content (AvgIpc) is 1.66. The molecule has 2 aliphatic rings. The minimum absolute atomic E-state index is 0.00200. The minimum atomic E-state index is -0.890. The van der Waals surface area contributed by atoms with Crippen molar-refractivity contribution in [1.29, 1.82) is 0 Å². The minimum Gasteiger partial charge on any atom is -0.493 e. The predicted octanol–water partition coefficient (Wildman–Crippen LogP) is 16.1. The molecule has 0 amide bonds. The van der Waals surface area contributed by atoms with Gasteiger partial charge in [-0.1, -0.05) is 214 Å². The SMILES string of the molecule is CC(C)C(=O)OC1OC(=O)c2ccccc21.CC(C)C(=O)OCCN1CCOCC1.CC(C)C(=O)Oc1ccccc1.CC(C)CCOC(=O)C(C)C.CC(C)OC(=O)C(C)C.CCCCOC(=O)C(C)C.CCOC(=O)C(C)C.COC(=O)C(C)C.COc1ccccc1OC(=O)C(C)C.Cc1oc(=O)oc1COC(=O)C(C)C. The van der Waals surface area contributed by atoms with E-state index < -0.39 is 18.1 Å². The molecule has 0 radical (unpaired) electrons. The normalized spacial score (nSPS) is 12.3. The number of para-hydroxylation sites is 3. The number of hydrogen-bond acceptors (Lipinski definition) is 28. The van der Waals surface area contributed by atoms with E-state index >= 15 is 0 Å². The van der Waals surface area contributed by atoms with Gasteiger partial charge < -0.3 is 70.4 Å². The molecular weight excluding hydrogens is 1490 g/mol. The lowest BCUT2D eigenvalue weighted by Gasteiger charge is -2.26. The van der Waals surface area contributed by atoms with Gasteiger partial charge in [0.15, 0.2) is 29.6 Å². The maximum absolute atomic E-state index is 11.4. The summed E-state index contributed by atoms with van der Waals surface area (Å²) in [5.41, 5.74) is 1.07. The maximum atomic E-state index is 11.4. The first-order chi connectivity index (χ1) is 53.8. The van der Waals surface area contributed by atoms with Gasteiger partial charge in [0, 0.05) is 25.2 Å². The number of ether oxygens (including phenoxy) is 13. The molecule has 0 bridgehead atoms. The van der Waals surface area contributed by atoms with Crippen LogP contribution < -0.4 is 20.0 Å². The van der Waals surface area contributed by atoms with Crippen LogP contribution in [-0.4, -0.2) is 150 Å². The van der Waals surface area contributed by atoms with E-state index in [1.165, 1.54) is 7.11 Å². The van der Waals surface area contributed by atoms with E-state index in [4.69, 9.17) is 52.1 Å². The summed E-state index contributed by atoms with van der Waals surface area (Å²) >= 11 is 0. The molecule has 0 N–H and O–H groups in total. The lowest BCUT2D eigenvalue weighted by atomic mass is 10.1. The number of fused-ring (bicyclic) bond motifs is 1. The lowest BCUT2D eigenvalue weighted by Crippen LogP contribution is -2.38. The molecule has 28 nitrogen and oxygen atoms in total. The summed E-state index contributed by atoms with van der Waals surface area (Å²) < 4.78 is 73.5. The van der Waals surface area contributed by atoms with Crippen LogP contribution in [0.4, 0.5) is 0 Å². The Kier molecular flexibility index (Phi) is 64.0. The van der Waals surface area contributed by atoms with Crippen LogP contribution in [0.25, 0.3) is 0 Å². The quantitative estimate of drug-likeness (QED) is 0.0232. The number of carbonyl (C=O) groups is 11. The third kappa shape index (κ3) is 58.1. The zero-order chi connectivity index (χ0) is 89.0. The van der Waals surface area contributed by atoms with E-state index in [0.29, 0.717) is 66.5 Å². The summed E-state index contributed by atoms with van der Waals surface area (Å²) in [7, 11) is 2.93. The third-order valence-corrected chi connectivity index (χ3v) is 14.3. The molecule has 3 aromatic carbocycles. The number of cyclic esters (lactones) is 1. The molecule has 1 saturated heterocycles. The van der Waals surface area contributed by atoms with Crippen LogP contribution in [0.1, 0.15) is 233 Å². The fourth-order valence-electron chi connectivity index (χ4n) is 7.13. The predicted molar refractivity (Wildman–Crippen MR) is 436 cm³/mol. The van der Waals surface area contributed by atoms with Crippen molar-refractivity contribution in [2.75, 3.05) is 73.5 Å². The molecule has 2 aliphatic heterocycles. The van der Waals surface area contributed by atoms with Crippen molar-refractivity contribution in [3.63, 3.8) is 0 Å². The van der Waals surface area contributed by atoms with Gasteiger partial charge in [0.1, 0.15) is 12.4 Å². The second kappa shape index (κ2) is 65.8. The van der Waals surface area contributed by atoms with Crippen LogP contribution >= 0.6 is 0 Å². The van der Waals surface area contributed by atoms with Crippen LogP contribution in [0.15, 0.2) is 92.5 Å². The van der Waals surface area contributed by atoms with Crippen LogP contribution in [0.3, 0.4) is 0 Å². The highest BCUT2D eigenvalue weighted by atomic mass is 16.7. The second-order valence-corrected chi connectivity index (χ2v) is 29.4. The lowest BCUT2D eigenvalue weighted by molar-refractivity contribution is -0.171. The van der Waals surface area contributed by atoms with Crippen molar-refractivity contribution < 1.29 is 123 Å². The van der Waals surface area contributed by atoms with E-state index in [9.17, 15) is 57.5 Å². The number of morpholine rings is 1. The largest absolute Gasteiger partial charge is 0.519 e. The Morgan fingerprint density at radius 3 is 1.28 bits per heavy atom. The topological polar surface area (TPSA) is 354 Å². The van der Waals surface area contributed by atoms with Gasteiger partial charge in [-0.25, -0.2) is 9.59 Å². The Balaban J connectivity index is -0.000000601. The molecule has 28 heteroatoms. The van der Waals surface area contributed by atoms with E-state index in [1.54, 1.807) is 131 Å². The van der Waals surface area contributed by atoms with Gasteiger partial charge in [0.05, 0.1) is 118 Å². The Bertz CT molecular complexity index is 3410. The van der Waals surface area contributed by atoms with Gasteiger partial charge in [0.2, 0.25) is 0 Å². The number of carbonyl (C=O) groups excluding carboxylic acids is 11. The molecule has 0 saturated carbocycles. The maximum Gasteiger partial charge on any atom is 0.519 e. The van der Waals surface area contributed by atoms with Gasteiger partial charge in [-0.3, -0.25) is 52.8 Å². The highest BCUT2D eigenvalue weighted by Gasteiger charge is 2.34. The first kappa shape index (κ1) is 112. The number of hydrogen-bond donors (Lipinski definition) is 0. The number of aryl methyl sites for hydroxylation is 1.